The van der Waals surface area contributed by atoms with Gasteiger partial charge in [0.05, 0.1) is 12.4 Å². The molecule has 0 saturated heterocycles. The molecule has 1 heterocycles. The van der Waals surface area contributed by atoms with Crippen LogP contribution < -0.4 is 4.74 Å². The molecule has 0 atom stereocenters. The predicted molar refractivity (Wildman–Crippen MR) is 66.4 cm³/mol. The number of ether oxygens (including phenoxy) is 1. The first-order valence-electron chi connectivity index (χ1n) is 5.22. The first kappa shape index (κ1) is 12.5. The van der Waals surface area contributed by atoms with Gasteiger partial charge in [-0.25, -0.2) is 18.4 Å². The van der Waals surface area contributed by atoms with Crippen LogP contribution in [0.3, 0.4) is 0 Å². The van der Waals surface area contributed by atoms with Crippen LogP contribution in [0, 0.1) is 6.92 Å². The van der Waals surface area contributed by atoms with Crippen molar-refractivity contribution in [1.29, 1.82) is 0 Å². The Hall–Kier alpha value is -1.95. The highest BCUT2D eigenvalue weighted by atomic mass is 32.2. The number of rotatable bonds is 3. The summed E-state index contributed by atoms with van der Waals surface area (Å²) in [6.07, 6.45) is 3.75. The highest BCUT2D eigenvalue weighted by Gasteiger charge is 2.10. The second-order valence-electron chi connectivity index (χ2n) is 3.84. The Labute approximate surface area is 105 Å². The predicted octanol–water partition coefficient (Wildman–Crippen LogP) is 1.98. The maximum atomic E-state index is 11.2. The number of para-hydroxylation sites is 1. The molecule has 6 heteroatoms. The maximum absolute atomic E-state index is 11.2. The van der Waals surface area contributed by atoms with Crippen molar-refractivity contribution in [2.45, 2.75) is 12.1 Å². The fourth-order valence-corrected chi connectivity index (χ4v) is 1.83. The van der Waals surface area contributed by atoms with Gasteiger partial charge >= 0.3 is 0 Å². The van der Waals surface area contributed by atoms with E-state index in [0.29, 0.717) is 11.5 Å². The fourth-order valence-electron chi connectivity index (χ4n) is 1.35. The summed E-state index contributed by atoms with van der Waals surface area (Å²) in [4.78, 5) is 7.50. The molecule has 2 rings (SSSR count). The van der Waals surface area contributed by atoms with Gasteiger partial charge in [-0.15, -0.1) is 0 Å². The molecule has 0 bridgehead atoms. The van der Waals surface area contributed by atoms with Gasteiger partial charge in [0.15, 0.2) is 5.75 Å². The van der Waals surface area contributed by atoms with Crippen molar-refractivity contribution in [2.75, 3.05) is 6.26 Å². The lowest BCUT2D eigenvalue weighted by Gasteiger charge is -2.07. The molecule has 0 radical (unpaired) electrons. The Kier molecular flexibility index (Phi) is 3.29. The van der Waals surface area contributed by atoms with E-state index in [-0.39, 0.29) is 5.16 Å². The highest BCUT2D eigenvalue weighted by Crippen LogP contribution is 2.23. The van der Waals surface area contributed by atoms with Gasteiger partial charge < -0.3 is 4.74 Å². The van der Waals surface area contributed by atoms with Crippen LogP contribution in [0.25, 0.3) is 0 Å². The fraction of sp³-hybridized carbons (Fsp3) is 0.167. The zero-order valence-electron chi connectivity index (χ0n) is 9.99. The number of hydrogen-bond acceptors (Lipinski definition) is 5. The lowest BCUT2D eigenvalue weighted by atomic mass is 10.2. The number of hydrogen-bond donors (Lipinski definition) is 0. The second kappa shape index (κ2) is 4.73. The number of benzene rings is 1. The Morgan fingerprint density at radius 2 is 1.72 bits per heavy atom. The minimum atomic E-state index is -3.38. The molecule has 0 aliphatic heterocycles. The smallest absolute Gasteiger partial charge is 0.246 e. The van der Waals surface area contributed by atoms with E-state index in [2.05, 4.69) is 9.97 Å². The van der Waals surface area contributed by atoms with Crippen molar-refractivity contribution in [3.05, 3.63) is 42.2 Å². The van der Waals surface area contributed by atoms with Crippen molar-refractivity contribution in [3.8, 4) is 11.5 Å². The third-order valence-electron chi connectivity index (χ3n) is 2.26. The van der Waals surface area contributed by atoms with Gasteiger partial charge in [0.2, 0.25) is 15.0 Å². The largest absolute Gasteiger partial charge is 0.454 e. The lowest BCUT2D eigenvalue weighted by molar-refractivity contribution is 0.471. The molecule has 0 aliphatic carbocycles. The van der Waals surface area contributed by atoms with Crippen LogP contribution in [0.15, 0.2) is 41.8 Å². The van der Waals surface area contributed by atoms with Gasteiger partial charge in [0.1, 0.15) is 5.75 Å². The van der Waals surface area contributed by atoms with Crippen LogP contribution in [-0.4, -0.2) is 24.6 Å². The van der Waals surface area contributed by atoms with Crippen LogP contribution in [0.5, 0.6) is 11.5 Å². The second-order valence-corrected chi connectivity index (χ2v) is 5.75. The monoisotopic (exact) mass is 264 g/mol. The zero-order valence-corrected chi connectivity index (χ0v) is 10.8. The van der Waals surface area contributed by atoms with Crippen LogP contribution in [0.1, 0.15) is 5.56 Å². The molecular formula is C12H12N2O3S. The summed E-state index contributed by atoms with van der Waals surface area (Å²) < 4.78 is 27.9. The summed E-state index contributed by atoms with van der Waals surface area (Å²) in [7, 11) is -3.38. The summed E-state index contributed by atoms with van der Waals surface area (Å²) >= 11 is 0. The van der Waals surface area contributed by atoms with Crippen molar-refractivity contribution in [2.24, 2.45) is 0 Å². The molecule has 5 nitrogen and oxygen atoms in total. The van der Waals surface area contributed by atoms with Gasteiger partial charge in [-0.1, -0.05) is 18.2 Å². The molecule has 0 fully saturated rings. The molecule has 94 valence electrons. The van der Waals surface area contributed by atoms with Crippen LogP contribution >= 0.6 is 0 Å². The molecule has 0 N–H and O–H groups in total. The molecular weight excluding hydrogens is 252 g/mol. The minimum Gasteiger partial charge on any atom is -0.454 e. The quantitative estimate of drug-likeness (QED) is 0.793. The lowest BCUT2D eigenvalue weighted by Crippen LogP contribution is -2.03. The average molecular weight is 264 g/mol. The molecule has 1 aromatic heterocycles. The SMILES string of the molecule is Cc1ccccc1Oc1cnc(S(C)(=O)=O)nc1. The van der Waals surface area contributed by atoms with Crippen molar-refractivity contribution >= 4 is 9.84 Å². The summed E-state index contributed by atoms with van der Waals surface area (Å²) in [6, 6.07) is 7.50. The first-order valence-corrected chi connectivity index (χ1v) is 7.11. The van der Waals surface area contributed by atoms with E-state index in [4.69, 9.17) is 4.74 Å². The number of aromatic nitrogens is 2. The van der Waals surface area contributed by atoms with E-state index < -0.39 is 9.84 Å². The van der Waals surface area contributed by atoms with Gasteiger partial charge in [-0.3, -0.25) is 0 Å². The van der Waals surface area contributed by atoms with Crippen molar-refractivity contribution in [3.63, 3.8) is 0 Å². The molecule has 0 amide bonds. The highest BCUT2D eigenvalue weighted by molar-refractivity contribution is 7.90. The van der Waals surface area contributed by atoms with Crippen LogP contribution in [-0.2, 0) is 9.84 Å². The standard InChI is InChI=1S/C12H12N2O3S/c1-9-5-3-4-6-11(9)17-10-7-13-12(14-8-10)18(2,15)16/h3-8H,1-2H3. The number of sulfone groups is 1. The summed E-state index contributed by atoms with van der Waals surface area (Å²) in [5.74, 6) is 1.09. The third-order valence-corrected chi connectivity index (χ3v) is 3.13. The zero-order chi connectivity index (χ0) is 13.2. The molecule has 0 unspecified atom stereocenters. The normalized spacial score (nSPS) is 11.2. The van der Waals surface area contributed by atoms with Crippen molar-refractivity contribution < 1.29 is 13.2 Å². The Bertz CT molecular complexity index is 651. The van der Waals surface area contributed by atoms with E-state index in [1.807, 2.05) is 31.2 Å². The third kappa shape index (κ3) is 2.84. The molecule has 0 aliphatic rings. The van der Waals surface area contributed by atoms with Gasteiger partial charge in [-0.2, -0.15) is 0 Å². The number of nitrogens with zero attached hydrogens (tertiary/aromatic N) is 2. The van der Waals surface area contributed by atoms with Gasteiger partial charge in [0, 0.05) is 6.26 Å². The van der Waals surface area contributed by atoms with E-state index in [0.717, 1.165) is 11.8 Å². The first-order chi connectivity index (χ1) is 8.47. The average Bonchev–Trinajstić information content (AvgIpc) is 2.32. The van der Waals surface area contributed by atoms with E-state index in [9.17, 15) is 8.42 Å². The number of aryl methyl sites for hydroxylation is 1. The summed E-state index contributed by atoms with van der Waals surface area (Å²) in [5.41, 5.74) is 0.977. The van der Waals surface area contributed by atoms with E-state index in [1.54, 1.807) is 0 Å². The summed E-state index contributed by atoms with van der Waals surface area (Å²) in [6.45, 7) is 1.92. The summed E-state index contributed by atoms with van der Waals surface area (Å²) in [5, 5.41) is -0.209. The molecule has 1 aromatic carbocycles. The molecule has 0 spiro atoms. The molecule has 2 aromatic rings. The van der Waals surface area contributed by atoms with Crippen LogP contribution in [0.4, 0.5) is 0 Å². The van der Waals surface area contributed by atoms with E-state index in [1.165, 1.54) is 12.4 Å². The maximum Gasteiger partial charge on any atom is 0.246 e. The van der Waals surface area contributed by atoms with Gasteiger partial charge in [-0.05, 0) is 18.6 Å². The Balaban J connectivity index is 2.24. The molecule has 18 heavy (non-hydrogen) atoms. The Morgan fingerprint density at radius 1 is 1.11 bits per heavy atom. The van der Waals surface area contributed by atoms with E-state index >= 15 is 0 Å². The topological polar surface area (TPSA) is 69.2 Å². The minimum absolute atomic E-state index is 0.209. The van der Waals surface area contributed by atoms with Crippen LogP contribution in [0.2, 0.25) is 0 Å². The Morgan fingerprint density at radius 3 is 2.28 bits per heavy atom. The van der Waals surface area contributed by atoms with Gasteiger partial charge in [0.25, 0.3) is 0 Å². The molecule has 0 saturated carbocycles. The van der Waals surface area contributed by atoms with Crippen molar-refractivity contribution in [1.82, 2.24) is 9.97 Å².